The maximum absolute atomic E-state index is 12.7. The summed E-state index contributed by atoms with van der Waals surface area (Å²) in [6.45, 7) is 2.17. The van der Waals surface area contributed by atoms with E-state index in [1.54, 1.807) is 31.3 Å². The number of primary amides is 1. The van der Waals surface area contributed by atoms with Crippen LogP contribution in [0.5, 0.6) is 5.88 Å². The number of aromatic nitrogens is 3. The molecule has 4 aromatic rings. The van der Waals surface area contributed by atoms with Crippen molar-refractivity contribution in [2.75, 3.05) is 20.3 Å². The zero-order valence-electron chi connectivity index (χ0n) is 19.2. The Kier molecular flexibility index (Phi) is 7.66. The largest absolute Gasteiger partial charge is 0.469 e. The van der Waals surface area contributed by atoms with Gasteiger partial charge in [0.2, 0.25) is 5.88 Å². The summed E-state index contributed by atoms with van der Waals surface area (Å²) in [6, 6.07) is 9.01. The molecule has 3 heterocycles. The van der Waals surface area contributed by atoms with Gasteiger partial charge in [0.25, 0.3) is 5.91 Å². The Bertz CT molecular complexity index is 1360. The molecule has 1 aromatic carbocycles. The van der Waals surface area contributed by atoms with Crippen LogP contribution in [-0.2, 0) is 13.2 Å². The van der Waals surface area contributed by atoms with E-state index in [1.165, 1.54) is 0 Å². The van der Waals surface area contributed by atoms with Gasteiger partial charge in [-0.1, -0.05) is 29.8 Å². The van der Waals surface area contributed by atoms with Gasteiger partial charge in [0, 0.05) is 29.9 Å². The van der Waals surface area contributed by atoms with Crippen LogP contribution in [0.25, 0.3) is 16.3 Å². The first-order valence-electron chi connectivity index (χ1n) is 10.9. The van der Waals surface area contributed by atoms with Crippen LogP contribution in [-0.4, -0.2) is 50.5 Å². The van der Waals surface area contributed by atoms with Crippen LogP contribution in [0, 0.1) is 0 Å². The molecule has 1 atom stereocenters. The predicted octanol–water partition coefficient (Wildman–Crippen LogP) is 4.24. The van der Waals surface area contributed by atoms with Gasteiger partial charge in [-0.05, 0) is 37.2 Å². The quantitative estimate of drug-likeness (QED) is 0.326. The predicted molar refractivity (Wildman–Crippen MR) is 134 cm³/mol. The maximum atomic E-state index is 12.7. The molecule has 0 aliphatic carbocycles. The minimum absolute atomic E-state index is 0.112. The lowest BCUT2D eigenvalue weighted by Crippen LogP contribution is -2.20. The summed E-state index contributed by atoms with van der Waals surface area (Å²) >= 11 is 7.48. The first kappa shape index (κ1) is 25.1. The molecule has 8 nitrogen and oxygen atoms in total. The molecule has 3 N–H and O–H groups in total. The van der Waals surface area contributed by atoms with Crippen molar-refractivity contribution in [1.82, 2.24) is 19.3 Å². The molecule has 11 heteroatoms. The lowest BCUT2D eigenvalue weighted by atomic mass is 10.1. The number of aliphatic hydroxyl groups is 1. The van der Waals surface area contributed by atoms with Gasteiger partial charge in [-0.2, -0.15) is 4.98 Å². The van der Waals surface area contributed by atoms with E-state index in [0.29, 0.717) is 45.6 Å². The fraction of sp³-hybridized carbons (Fsp3) is 0.292. The summed E-state index contributed by atoms with van der Waals surface area (Å²) in [5, 5.41) is 10.3. The number of amides is 1. The second kappa shape index (κ2) is 10.7. The molecule has 0 aliphatic heterocycles. The number of imidazole rings is 1. The molecular weight excluding hydrogens is 493 g/mol. The van der Waals surface area contributed by atoms with Crippen LogP contribution in [0.2, 0.25) is 5.02 Å². The zero-order chi connectivity index (χ0) is 25.1. The number of nitrogens with zero attached hydrogens (tertiary/aromatic N) is 4. The molecule has 1 amide bonds. The molecule has 0 unspecified atom stereocenters. The van der Waals surface area contributed by atoms with E-state index in [0.717, 1.165) is 16.9 Å². The fourth-order valence-electron chi connectivity index (χ4n) is 3.69. The van der Waals surface area contributed by atoms with Crippen molar-refractivity contribution in [3.05, 3.63) is 69.3 Å². The molecule has 0 bridgehead atoms. The second-order valence-electron chi connectivity index (χ2n) is 8.13. The van der Waals surface area contributed by atoms with Gasteiger partial charge in [-0.25, -0.2) is 9.37 Å². The molecular formula is C24H25ClFN5O3S. The summed E-state index contributed by atoms with van der Waals surface area (Å²) in [6.07, 6.45) is 3.07. The maximum Gasteiger partial charge on any atom is 0.264 e. The number of ether oxygens (including phenoxy) is 1. The van der Waals surface area contributed by atoms with Gasteiger partial charge < -0.3 is 15.6 Å². The van der Waals surface area contributed by atoms with E-state index in [2.05, 4.69) is 9.97 Å². The minimum Gasteiger partial charge on any atom is -0.469 e. The molecule has 0 spiro atoms. The van der Waals surface area contributed by atoms with E-state index in [-0.39, 0.29) is 17.4 Å². The number of benzene rings is 1. The van der Waals surface area contributed by atoms with E-state index in [9.17, 15) is 14.3 Å². The Morgan fingerprint density at radius 1 is 1.34 bits per heavy atom. The van der Waals surface area contributed by atoms with E-state index < -0.39 is 18.7 Å². The Morgan fingerprint density at radius 3 is 2.80 bits per heavy atom. The highest BCUT2D eigenvalue weighted by Gasteiger charge is 2.23. The molecule has 3 aromatic heterocycles. The van der Waals surface area contributed by atoms with Gasteiger partial charge in [0.15, 0.2) is 4.88 Å². The Labute approximate surface area is 210 Å². The highest BCUT2D eigenvalue weighted by molar-refractivity contribution is 7.17. The van der Waals surface area contributed by atoms with Crippen LogP contribution >= 0.6 is 22.9 Å². The van der Waals surface area contributed by atoms with Gasteiger partial charge in [-0.15, -0.1) is 11.3 Å². The summed E-state index contributed by atoms with van der Waals surface area (Å²) in [4.78, 5) is 23.2. The number of hydrogen-bond acceptors (Lipinski definition) is 7. The first-order valence-corrected chi connectivity index (χ1v) is 12.1. The van der Waals surface area contributed by atoms with Crippen molar-refractivity contribution in [1.29, 1.82) is 0 Å². The number of rotatable bonds is 10. The summed E-state index contributed by atoms with van der Waals surface area (Å²) in [5.41, 5.74) is 9.35. The first-order chi connectivity index (χ1) is 16.8. The normalized spacial score (nSPS) is 12.4. The Morgan fingerprint density at radius 2 is 2.11 bits per heavy atom. The van der Waals surface area contributed by atoms with Crippen LogP contribution in [0.4, 0.5) is 4.39 Å². The van der Waals surface area contributed by atoms with Crippen LogP contribution in [0.1, 0.15) is 39.4 Å². The Balaban J connectivity index is 1.66. The minimum atomic E-state index is -0.653. The van der Waals surface area contributed by atoms with Crippen LogP contribution in [0.15, 0.2) is 42.7 Å². The van der Waals surface area contributed by atoms with E-state index in [1.807, 2.05) is 34.7 Å². The van der Waals surface area contributed by atoms with Crippen molar-refractivity contribution in [3.8, 4) is 16.6 Å². The number of hydrogen-bond donors (Lipinski definition) is 2. The number of halogens is 2. The third-order valence-corrected chi connectivity index (χ3v) is 6.90. The monoisotopic (exact) mass is 517 g/mol. The SMILES string of the molecule is C[C@@H](Oc1nc(-c2cnc3ccc(CN(C)CCF)cn23)sc1C(N)=O)c1ccc(CO)cc1Cl. The van der Waals surface area contributed by atoms with Crippen molar-refractivity contribution in [2.24, 2.45) is 5.73 Å². The molecule has 0 fully saturated rings. The fourth-order valence-corrected chi connectivity index (χ4v) is 4.91. The Hall–Kier alpha value is -3.05. The number of alkyl halides is 1. The standard InChI is InChI=1S/C24H25ClFN5O3S/c1-14(17-5-3-15(13-32)9-18(17)25)34-23-21(22(27)33)35-24(29-23)19-10-28-20-6-4-16(12-31(19)20)11-30(2)8-7-26/h3-6,9-10,12,14,32H,7-8,11,13H2,1-2H3,(H2,27,33)/t14-/m1/s1. The van der Waals surface area contributed by atoms with Crippen molar-refractivity contribution in [2.45, 2.75) is 26.2 Å². The van der Waals surface area contributed by atoms with Crippen molar-refractivity contribution < 1.29 is 19.0 Å². The summed E-state index contributed by atoms with van der Waals surface area (Å²) in [5.74, 6) is -0.541. The van der Waals surface area contributed by atoms with Gasteiger partial charge in [0.1, 0.15) is 29.1 Å². The third-order valence-electron chi connectivity index (χ3n) is 5.50. The molecule has 0 saturated carbocycles. The molecule has 0 radical (unpaired) electrons. The smallest absolute Gasteiger partial charge is 0.264 e. The summed E-state index contributed by atoms with van der Waals surface area (Å²) < 4.78 is 20.6. The number of pyridine rings is 1. The highest BCUT2D eigenvalue weighted by atomic mass is 35.5. The van der Waals surface area contributed by atoms with E-state index >= 15 is 0 Å². The molecule has 4 rings (SSSR count). The van der Waals surface area contributed by atoms with Gasteiger partial charge in [-0.3, -0.25) is 14.1 Å². The highest BCUT2D eigenvalue weighted by Crippen LogP contribution is 2.36. The summed E-state index contributed by atoms with van der Waals surface area (Å²) in [7, 11) is 1.85. The van der Waals surface area contributed by atoms with E-state index in [4.69, 9.17) is 22.1 Å². The van der Waals surface area contributed by atoms with Crippen LogP contribution in [0.3, 0.4) is 0 Å². The lowest BCUT2D eigenvalue weighted by molar-refractivity contribution is 0.0997. The van der Waals surface area contributed by atoms with Gasteiger partial charge in [0.05, 0.1) is 12.8 Å². The number of fused-ring (bicyclic) bond motifs is 1. The number of thiazole rings is 1. The zero-order valence-corrected chi connectivity index (χ0v) is 20.8. The number of carbonyl (C=O) groups excluding carboxylic acids is 1. The average Bonchev–Trinajstić information content (AvgIpc) is 3.42. The number of carbonyl (C=O) groups is 1. The van der Waals surface area contributed by atoms with Crippen molar-refractivity contribution >= 4 is 34.5 Å². The molecule has 0 aliphatic rings. The lowest BCUT2D eigenvalue weighted by Gasteiger charge is -2.16. The molecule has 35 heavy (non-hydrogen) atoms. The third kappa shape index (κ3) is 5.46. The van der Waals surface area contributed by atoms with Crippen LogP contribution < -0.4 is 10.5 Å². The molecule has 184 valence electrons. The number of nitrogens with two attached hydrogens (primary N) is 1. The molecule has 0 saturated heterocycles. The number of aliphatic hydroxyl groups excluding tert-OH is 1. The topological polar surface area (TPSA) is 106 Å². The van der Waals surface area contributed by atoms with Crippen molar-refractivity contribution in [3.63, 3.8) is 0 Å². The average molecular weight is 518 g/mol. The van der Waals surface area contributed by atoms with Gasteiger partial charge >= 0.3 is 0 Å². The second-order valence-corrected chi connectivity index (χ2v) is 9.53.